The lowest BCUT2D eigenvalue weighted by Crippen LogP contribution is -2.33. The molecule has 0 bridgehead atoms. The minimum atomic E-state index is -0.392. The molecule has 0 aliphatic carbocycles. The van der Waals surface area contributed by atoms with Gasteiger partial charge in [0.15, 0.2) is 17.2 Å². The number of amides is 1. The lowest BCUT2D eigenvalue weighted by atomic mass is 10.1. The maximum Gasteiger partial charge on any atom is 0.273 e. The summed E-state index contributed by atoms with van der Waals surface area (Å²) in [6, 6.07) is 3.40. The van der Waals surface area contributed by atoms with Crippen molar-refractivity contribution in [3.8, 4) is 5.75 Å². The van der Waals surface area contributed by atoms with Gasteiger partial charge in [-0.05, 0) is 25.0 Å². The molecule has 0 radical (unpaired) electrons. The number of rotatable bonds is 7. The van der Waals surface area contributed by atoms with Crippen LogP contribution in [-0.4, -0.2) is 36.9 Å². The van der Waals surface area contributed by atoms with Gasteiger partial charge in [0, 0.05) is 18.3 Å². The molecule has 3 heterocycles. The molecule has 0 aliphatic heterocycles. The minimum absolute atomic E-state index is 0.0380. The van der Waals surface area contributed by atoms with Gasteiger partial charge in [-0.25, -0.2) is 14.2 Å². The largest absolute Gasteiger partial charge is 0.491 e. The average molecular weight is 398 g/mol. The zero-order valence-electron chi connectivity index (χ0n) is 17.3. The van der Waals surface area contributed by atoms with Crippen LogP contribution in [0.15, 0.2) is 29.3 Å². The summed E-state index contributed by atoms with van der Waals surface area (Å²) < 4.78 is 8.60. The van der Waals surface area contributed by atoms with Crippen LogP contribution in [0.4, 0.5) is 5.82 Å². The maximum absolute atomic E-state index is 12.7. The van der Waals surface area contributed by atoms with Crippen molar-refractivity contribution in [1.82, 2.24) is 24.4 Å². The fourth-order valence-corrected chi connectivity index (χ4v) is 2.82. The van der Waals surface area contributed by atoms with Crippen molar-refractivity contribution in [2.24, 2.45) is 5.92 Å². The van der Waals surface area contributed by atoms with Crippen LogP contribution < -0.4 is 15.6 Å². The Kier molecular flexibility index (Phi) is 5.95. The monoisotopic (exact) mass is 398 g/mol. The van der Waals surface area contributed by atoms with Gasteiger partial charge in [0.25, 0.3) is 5.56 Å². The highest BCUT2D eigenvalue weighted by molar-refractivity contribution is 5.89. The van der Waals surface area contributed by atoms with Gasteiger partial charge in [0.05, 0.1) is 12.2 Å². The molecule has 0 fully saturated rings. The molecule has 3 aromatic heterocycles. The Morgan fingerprint density at radius 2 is 1.97 bits per heavy atom. The number of fused-ring (bicyclic) bond motifs is 1. The molecule has 0 spiro atoms. The Labute approximate surface area is 168 Å². The minimum Gasteiger partial charge on any atom is -0.491 e. The van der Waals surface area contributed by atoms with Crippen LogP contribution in [0.25, 0.3) is 5.65 Å². The van der Waals surface area contributed by atoms with Crippen LogP contribution in [0, 0.1) is 12.8 Å². The van der Waals surface area contributed by atoms with E-state index in [1.165, 1.54) is 4.68 Å². The fraction of sp³-hybridized carbons (Fsp3) is 0.450. The second-order valence-electron chi connectivity index (χ2n) is 7.66. The number of carbonyl (C=O) groups excluding carboxylic acids is 1. The number of hydrogen-bond donors (Lipinski definition) is 1. The molecule has 3 aromatic rings. The van der Waals surface area contributed by atoms with E-state index in [4.69, 9.17) is 4.74 Å². The van der Waals surface area contributed by atoms with Gasteiger partial charge in [-0.15, -0.1) is 5.10 Å². The van der Waals surface area contributed by atoms with E-state index in [9.17, 15) is 9.59 Å². The van der Waals surface area contributed by atoms with Crippen LogP contribution in [0.2, 0.25) is 0 Å². The fourth-order valence-electron chi connectivity index (χ4n) is 2.82. The number of nitrogens with zero attached hydrogens (tertiary/aromatic N) is 5. The van der Waals surface area contributed by atoms with E-state index >= 15 is 0 Å². The van der Waals surface area contributed by atoms with Crippen LogP contribution >= 0.6 is 0 Å². The third-order valence-electron chi connectivity index (χ3n) is 4.28. The van der Waals surface area contributed by atoms with E-state index in [2.05, 4.69) is 20.5 Å². The molecular weight excluding hydrogens is 372 g/mol. The molecule has 1 amide bonds. The van der Waals surface area contributed by atoms with Crippen molar-refractivity contribution < 1.29 is 9.53 Å². The first kappa shape index (κ1) is 20.5. The molecule has 154 valence electrons. The molecular formula is C20H26N6O3. The number of nitrogens with one attached hydrogen (secondary N) is 1. The molecule has 9 nitrogen and oxygen atoms in total. The Bertz CT molecular complexity index is 1080. The van der Waals surface area contributed by atoms with Gasteiger partial charge in [-0.2, -0.15) is 5.10 Å². The van der Waals surface area contributed by atoms with Gasteiger partial charge < -0.3 is 10.1 Å². The molecule has 0 aromatic carbocycles. The van der Waals surface area contributed by atoms with E-state index in [1.54, 1.807) is 36.0 Å². The van der Waals surface area contributed by atoms with E-state index in [-0.39, 0.29) is 18.0 Å². The lowest BCUT2D eigenvalue weighted by Gasteiger charge is -2.18. The SMILES string of the molecule is Cc1c(OCC(C)C)c(C(C)C)nn(CC(=O)Nc2ccc3nccn3n2)c1=O. The van der Waals surface area contributed by atoms with Crippen LogP contribution in [0.1, 0.15) is 44.9 Å². The molecule has 0 unspecified atom stereocenters. The Morgan fingerprint density at radius 3 is 2.66 bits per heavy atom. The second-order valence-corrected chi connectivity index (χ2v) is 7.66. The highest BCUT2D eigenvalue weighted by atomic mass is 16.5. The van der Waals surface area contributed by atoms with E-state index < -0.39 is 5.91 Å². The summed E-state index contributed by atoms with van der Waals surface area (Å²) in [6.07, 6.45) is 3.31. The zero-order chi connectivity index (χ0) is 21.1. The molecule has 0 atom stereocenters. The van der Waals surface area contributed by atoms with E-state index in [0.29, 0.717) is 41.0 Å². The summed E-state index contributed by atoms with van der Waals surface area (Å²) in [4.78, 5) is 29.4. The third kappa shape index (κ3) is 4.61. The highest BCUT2D eigenvalue weighted by Crippen LogP contribution is 2.26. The molecule has 3 rings (SSSR count). The van der Waals surface area contributed by atoms with Crippen molar-refractivity contribution in [3.05, 3.63) is 46.1 Å². The third-order valence-corrected chi connectivity index (χ3v) is 4.28. The van der Waals surface area contributed by atoms with Crippen molar-refractivity contribution >= 4 is 17.4 Å². The standard InChI is InChI=1S/C20H26N6O3/c1-12(2)11-29-19-14(5)20(28)26(24-18(19)13(3)4)10-17(27)22-15-6-7-16-21-8-9-25(16)23-15/h6-9,12-13H,10-11H2,1-5H3,(H,22,23,27). The van der Waals surface area contributed by atoms with Crippen molar-refractivity contribution in [1.29, 1.82) is 0 Å². The molecule has 0 saturated carbocycles. The zero-order valence-corrected chi connectivity index (χ0v) is 17.3. The summed E-state index contributed by atoms with van der Waals surface area (Å²) in [5.41, 5.74) is 1.44. The smallest absolute Gasteiger partial charge is 0.273 e. The number of anilines is 1. The van der Waals surface area contributed by atoms with Crippen molar-refractivity contribution in [3.63, 3.8) is 0 Å². The second kappa shape index (κ2) is 8.42. The average Bonchev–Trinajstić information content (AvgIpc) is 3.12. The number of imidazole rings is 1. The predicted octanol–water partition coefficient (Wildman–Crippen LogP) is 2.39. The normalized spacial score (nSPS) is 11.4. The molecule has 29 heavy (non-hydrogen) atoms. The van der Waals surface area contributed by atoms with Crippen LogP contribution in [0.3, 0.4) is 0 Å². The molecule has 1 N–H and O–H groups in total. The number of hydrogen-bond acceptors (Lipinski definition) is 6. The summed E-state index contributed by atoms with van der Waals surface area (Å²) >= 11 is 0. The summed E-state index contributed by atoms with van der Waals surface area (Å²) in [6.45, 7) is 10.0. The summed E-state index contributed by atoms with van der Waals surface area (Å²) in [5.74, 6) is 0.851. The quantitative estimate of drug-likeness (QED) is 0.655. The molecule has 0 saturated heterocycles. The Balaban J connectivity index is 1.83. The first-order valence-electron chi connectivity index (χ1n) is 9.61. The first-order valence-corrected chi connectivity index (χ1v) is 9.61. The molecule has 0 aliphatic rings. The Hall–Kier alpha value is -3.23. The topological polar surface area (TPSA) is 103 Å². The number of aromatic nitrogens is 5. The summed E-state index contributed by atoms with van der Waals surface area (Å²) in [7, 11) is 0. The van der Waals surface area contributed by atoms with E-state index in [1.807, 2.05) is 27.7 Å². The first-order chi connectivity index (χ1) is 13.8. The van der Waals surface area contributed by atoms with Gasteiger partial charge in [0.1, 0.15) is 12.2 Å². The lowest BCUT2D eigenvalue weighted by molar-refractivity contribution is -0.117. The summed E-state index contributed by atoms with van der Waals surface area (Å²) in [5, 5.41) is 11.4. The van der Waals surface area contributed by atoms with Crippen LogP contribution in [-0.2, 0) is 11.3 Å². The number of carbonyl (C=O) groups is 1. The number of ether oxygens (including phenoxy) is 1. The molecule has 9 heteroatoms. The van der Waals surface area contributed by atoms with Gasteiger partial charge >= 0.3 is 0 Å². The Morgan fingerprint density at radius 1 is 1.21 bits per heavy atom. The van der Waals surface area contributed by atoms with Gasteiger partial charge in [0.2, 0.25) is 5.91 Å². The highest BCUT2D eigenvalue weighted by Gasteiger charge is 2.20. The van der Waals surface area contributed by atoms with E-state index in [0.717, 1.165) is 0 Å². The predicted molar refractivity (Wildman–Crippen MR) is 109 cm³/mol. The van der Waals surface area contributed by atoms with Crippen molar-refractivity contribution in [2.45, 2.75) is 47.1 Å². The maximum atomic E-state index is 12.7. The van der Waals surface area contributed by atoms with Crippen molar-refractivity contribution in [2.75, 3.05) is 11.9 Å². The van der Waals surface area contributed by atoms with Gasteiger partial charge in [-0.1, -0.05) is 27.7 Å². The van der Waals surface area contributed by atoms with Gasteiger partial charge in [-0.3, -0.25) is 9.59 Å². The van der Waals surface area contributed by atoms with Crippen LogP contribution in [0.5, 0.6) is 5.75 Å².